The Balaban J connectivity index is 1.78. The Morgan fingerprint density at radius 1 is 1.00 bits per heavy atom. The van der Waals surface area contributed by atoms with Crippen molar-refractivity contribution in [3.8, 4) is 0 Å². The van der Waals surface area contributed by atoms with Crippen LogP contribution < -0.4 is 10.6 Å². The van der Waals surface area contributed by atoms with Gasteiger partial charge in [-0.15, -0.1) is 0 Å². The summed E-state index contributed by atoms with van der Waals surface area (Å²) >= 11 is 11.3. The summed E-state index contributed by atoms with van der Waals surface area (Å²) in [5, 5.41) is 7.72. The molecule has 0 bridgehead atoms. The molecular formula is C16H17ClN2S. The molecule has 0 aliphatic rings. The van der Waals surface area contributed by atoms with E-state index < -0.39 is 0 Å². The summed E-state index contributed by atoms with van der Waals surface area (Å²) in [6.07, 6.45) is 0. The summed E-state index contributed by atoms with van der Waals surface area (Å²) in [6.45, 7) is 3.42. The zero-order valence-corrected chi connectivity index (χ0v) is 12.9. The number of aryl methyl sites for hydroxylation is 1. The maximum absolute atomic E-state index is 6.09. The third kappa shape index (κ3) is 4.51. The zero-order chi connectivity index (χ0) is 14.4. The Labute approximate surface area is 130 Å². The average Bonchev–Trinajstić information content (AvgIpc) is 2.46. The summed E-state index contributed by atoms with van der Waals surface area (Å²) in [5.74, 6) is 0. The lowest BCUT2D eigenvalue weighted by molar-refractivity contribution is 0.833. The molecule has 0 spiro atoms. The summed E-state index contributed by atoms with van der Waals surface area (Å²) in [7, 11) is 0. The second kappa shape index (κ2) is 7.27. The first-order chi connectivity index (χ1) is 9.65. The molecule has 0 fully saturated rings. The molecule has 2 aromatic rings. The molecule has 0 heterocycles. The molecule has 0 atom stereocenters. The van der Waals surface area contributed by atoms with Crippen LogP contribution >= 0.6 is 23.8 Å². The highest BCUT2D eigenvalue weighted by molar-refractivity contribution is 7.80. The van der Waals surface area contributed by atoms with E-state index in [0.717, 1.165) is 10.6 Å². The third-order valence-corrected chi connectivity index (χ3v) is 3.63. The van der Waals surface area contributed by atoms with Gasteiger partial charge in [-0.05, 0) is 36.3 Å². The fourth-order valence-corrected chi connectivity index (χ4v) is 2.11. The lowest BCUT2D eigenvalue weighted by atomic mass is 10.1. The maximum Gasteiger partial charge on any atom is 0.166 e. The Hall–Kier alpha value is -1.58. The molecule has 2 aromatic carbocycles. The highest BCUT2D eigenvalue weighted by Gasteiger charge is 2.00. The van der Waals surface area contributed by atoms with E-state index >= 15 is 0 Å². The molecular weight excluding hydrogens is 288 g/mol. The van der Waals surface area contributed by atoms with Crippen LogP contribution in [0.5, 0.6) is 0 Å². The molecule has 0 amide bonds. The van der Waals surface area contributed by atoms with Crippen LogP contribution in [0.25, 0.3) is 0 Å². The average molecular weight is 305 g/mol. The largest absolute Gasteiger partial charge is 0.359 e. The van der Waals surface area contributed by atoms with Crippen LogP contribution in [0, 0.1) is 6.92 Å². The van der Waals surface area contributed by atoms with Crippen molar-refractivity contribution in [1.82, 2.24) is 10.6 Å². The van der Waals surface area contributed by atoms with Gasteiger partial charge in [0.1, 0.15) is 0 Å². The summed E-state index contributed by atoms with van der Waals surface area (Å²) in [4.78, 5) is 0. The molecule has 0 radical (unpaired) electrons. The number of halogens is 1. The summed E-state index contributed by atoms with van der Waals surface area (Å²) in [5.41, 5.74) is 3.50. The van der Waals surface area contributed by atoms with Gasteiger partial charge in [0.2, 0.25) is 0 Å². The highest BCUT2D eigenvalue weighted by Crippen LogP contribution is 2.14. The van der Waals surface area contributed by atoms with Crippen LogP contribution in [-0.2, 0) is 13.1 Å². The molecule has 4 heteroatoms. The predicted molar refractivity (Wildman–Crippen MR) is 88.9 cm³/mol. The third-order valence-electron chi connectivity index (χ3n) is 2.97. The van der Waals surface area contributed by atoms with Crippen LogP contribution in [0.4, 0.5) is 0 Å². The number of rotatable bonds is 4. The van der Waals surface area contributed by atoms with Gasteiger partial charge in [-0.1, -0.05) is 59.6 Å². The standard InChI is InChI=1S/C16H17ClN2S/c1-12-6-8-13(9-7-12)10-18-16(20)19-11-14-4-2-3-5-15(14)17/h2-9H,10-11H2,1H3,(H2,18,19,20). The van der Waals surface area contributed by atoms with Crippen molar-refractivity contribution in [2.75, 3.05) is 0 Å². The topological polar surface area (TPSA) is 24.1 Å². The minimum atomic E-state index is 0.624. The molecule has 20 heavy (non-hydrogen) atoms. The van der Waals surface area contributed by atoms with E-state index in [2.05, 4.69) is 41.8 Å². The van der Waals surface area contributed by atoms with Gasteiger partial charge in [-0.25, -0.2) is 0 Å². The number of hydrogen-bond donors (Lipinski definition) is 2. The van der Waals surface area contributed by atoms with Crippen molar-refractivity contribution >= 4 is 28.9 Å². The molecule has 2 N–H and O–H groups in total. The molecule has 0 saturated carbocycles. The summed E-state index contributed by atoms with van der Waals surface area (Å²) < 4.78 is 0. The van der Waals surface area contributed by atoms with Gasteiger partial charge in [-0.2, -0.15) is 0 Å². The first-order valence-electron chi connectivity index (χ1n) is 6.46. The molecule has 0 saturated heterocycles. The van der Waals surface area contributed by atoms with E-state index in [1.54, 1.807) is 0 Å². The van der Waals surface area contributed by atoms with Crippen molar-refractivity contribution < 1.29 is 0 Å². The highest BCUT2D eigenvalue weighted by atomic mass is 35.5. The van der Waals surface area contributed by atoms with E-state index in [9.17, 15) is 0 Å². The molecule has 0 aliphatic carbocycles. The quantitative estimate of drug-likeness (QED) is 0.840. The molecule has 2 rings (SSSR count). The van der Waals surface area contributed by atoms with E-state index in [1.165, 1.54) is 11.1 Å². The molecule has 0 aromatic heterocycles. The van der Waals surface area contributed by atoms with Crippen LogP contribution in [0.1, 0.15) is 16.7 Å². The van der Waals surface area contributed by atoms with E-state index in [0.29, 0.717) is 18.2 Å². The maximum atomic E-state index is 6.09. The normalized spacial score (nSPS) is 10.1. The molecule has 0 aliphatic heterocycles. The number of thiocarbonyl (C=S) groups is 1. The fraction of sp³-hybridized carbons (Fsp3) is 0.188. The zero-order valence-electron chi connectivity index (χ0n) is 11.3. The molecule has 2 nitrogen and oxygen atoms in total. The van der Waals surface area contributed by atoms with Gasteiger partial charge in [0.05, 0.1) is 0 Å². The Morgan fingerprint density at radius 3 is 2.35 bits per heavy atom. The first-order valence-corrected chi connectivity index (χ1v) is 7.24. The lowest BCUT2D eigenvalue weighted by Crippen LogP contribution is -2.34. The minimum absolute atomic E-state index is 0.624. The number of nitrogens with one attached hydrogen (secondary N) is 2. The lowest BCUT2D eigenvalue weighted by Gasteiger charge is -2.11. The van der Waals surface area contributed by atoms with Crippen molar-refractivity contribution in [2.24, 2.45) is 0 Å². The van der Waals surface area contributed by atoms with Gasteiger partial charge < -0.3 is 10.6 Å². The van der Waals surface area contributed by atoms with Crippen molar-refractivity contribution in [3.63, 3.8) is 0 Å². The van der Waals surface area contributed by atoms with Gasteiger partial charge in [0.25, 0.3) is 0 Å². The van der Waals surface area contributed by atoms with E-state index in [-0.39, 0.29) is 0 Å². The van der Waals surface area contributed by atoms with Crippen LogP contribution in [-0.4, -0.2) is 5.11 Å². The van der Waals surface area contributed by atoms with Gasteiger partial charge >= 0.3 is 0 Å². The second-order valence-corrected chi connectivity index (χ2v) is 5.43. The predicted octanol–water partition coefficient (Wildman–Crippen LogP) is 3.81. The van der Waals surface area contributed by atoms with Crippen LogP contribution in [0.15, 0.2) is 48.5 Å². The van der Waals surface area contributed by atoms with Crippen molar-refractivity contribution in [1.29, 1.82) is 0 Å². The smallest absolute Gasteiger partial charge is 0.166 e. The monoisotopic (exact) mass is 304 g/mol. The number of hydrogen-bond acceptors (Lipinski definition) is 1. The van der Waals surface area contributed by atoms with E-state index in [4.69, 9.17) is 23.8 Å². The van der Waals surface area contributed by atoms with E-state index in [1.807, 2.05) is 24.3 Å². The molecule has 104 valence electrons. The Morgan fingerprint density at radius 2 is 1.65 bits per heavy atom. The van der Waals surface area contributed by atoms with Gasteiger partial charge in [0, 0.05) is 18.1 Å². The van der Waals surface area contributed by atoms with Crippen LogP contribution in [0.2, 0.25) is 5.02 Å². The number of benzene rings is 2. The fourth-order valence-electron chi connectivity index (χ4n) is 1.77. The second-order valence-electron chi connectivity index (χ2n) is 4.61. The van der Waals surface area contributed by atoms with Crippen molar-refractivity contribution in [2.45, 2.75) is 20.0 Å². The van der Waals surface area contributed by atoms with Crippen molar-refractivity contribution in [3.05, 3.63) is 70.2 Å². The first kappa shape index (κ1) is 14.8. The van der Waals surface area contributed by atoms with Gasteiger partial charge in [-0.3, -0.25) is 0 Å². The molecule has 0 unspecified atom stereocenters. The Kier molecular flexibility index (Phi) is 5.39. The van der Waals surface area contributed by atoms with Crippen LogP contribution in [0.3, 0.4) is 0 Å². The van der Waals surface area contributed by atoms with Gasteiger partial charge in [0.15, 0.2) is 5.11 Å². The SMILES string of the molecule is Cc1ccc(CNC(=S)NCc2ccccc2Cl)cc1. The Bertz CT molecular complexity index is 581. The minimum Gasteiger partial charge on any atom is -0.359 e. The summed E-state index contributed by atoms with van der Waals surface area (Å²) in [6, 6.07) is 16.1.